The van der Waals surface area contributed by atoms with E-state index in [4.69, 9.17) is 9.84 Å². The van der Waals surface area contributed by atoms with Crippen molar-refractivity contribution >= 4 is 17.7 Å². The molecule has 0 saturated carbocycles. The zero-order chi connectivity index (χ0) is 13.8. The van der Waals surface area contributed by atoms with Gasteiger partial charge in [-0.2, -0.15) is 0 Å². The predicted octanol–water partition coefficient (Wildman–Crippen LogP) is 2.32. The molecule has 19 heavy (non-hydrogen) atoms. The van der Waals surface area contributed by atoms with Gasteiger partial charge in [0.05, 0.1) is 12.7 Å². The number of nitrogens with zero attached hydrogens (tertiary/aromatic N) is 1. The minimum atomic E-state index is -0.927. The minimum absolute atomic E-state index is 0.250. The van der Waals surface area contributed by atoms with Crippen molar-refractivity contribution in [1.82, 2.24) is 0 Å². The number of carboxylic acid groups (broad SMARTS) is 1. The van der Waals surface area contributed by atoms with Crippen molar-refractivity contribution in [2.45, 2.75) is 20.0 Å². The van der Waals surface area contributed by atoms with Crippen LogP contribution in [0.4, 0.5) is 5.69 Å². The molecule has 102 valence electrons. The second-order valence-electron chi connectivity index (χ2n) is 4.84. The summed E-state index contributed by atoms with van der Waals surface area (Å²) in [6, 6.07) is 6.01. The molecule has 1 atom stereocenters. The molecule has 1 aliphatic rings. The fraction of sp³-hybridized carbons (Fsp3) is 0.400. The van der Waals surface area contributed by atoms with Crippen LogP contribution in [0.1, 0.15) is 18.1 Å². The molecule has 0 spiro atoms. The van der Waals surface area contributed by atoms with E-state index in [1.54, 1.807) is 6.08 Å². The van der Waals surface area contributed by atoms with Gasteiger partial charge in [-0.15, -0.1) is 0 Å². The third-order valence-corrected chi connectivity index (χ3v) is 3.22. The molecule has 0 amide bonds. The molecule has 1 fully saturated rings. The van der Waals surface area contributed by atoms with Crippen LogP contribution in [-0.4, -0.2) is 36.9 Å². The molecule has 0 radical (unpaired) electrons. The zero-order valence-electron chi connectivity index (χ0n) is 11.3. The largest absolute Gasteiger partial charge is 0.478 e. The lowest BCUT2D eigenvalue weighted by atomic mass is 10.1. The van der Waals surface area contributed by atoms with Gasteiger partial charge in [0, 0.05) is 24.9 Å². The van der Waals surface area contributed by atoms with Crippen molar-refractivity contribution in [2.75, 3.05) is 24.6 Å². The van der Waals surface area contributed by atoms with Gasteiger partial charge in [-0.05, 0) is 43.2 Å². The number of hydrogen-bond donors (Lipinski definition) is 1. The highest BCUT2D eigenvalue weighted by Crippen LogP contribution is 2.23. The summed E-state index contributed by atoms with van der Waals surface area (Å²) in [5.41, 5.74) is 3.26. The van der Waals surface area contributed by atoms with Gasteiger partial charge < -0.3 is 14.7 Å². The number of hydrogen-bond acceptors (Lipinski definition) is 3. The van der Waals surface area contributed by atoms with Gasteiger partial charge in [0.15, 0.2) is 0 Å². The predicted molar refractivity (Wildman–Crippen MR) is 75.5 cm³/mol. The Balaban J connectivity index is 2.17. The molecule has 0 aliphatic carbocycles. The second kappa shape index (κ2) is 5.89. The van der Waals surface area contributed by atoms with Crippen LogP contribution in [-0.2, 0) is 9.53 Å². The number of ether oxygens (including phenoxy) is 1. The number of aryl methyl sites for hydroxylation is 1. The Bertz CT molecular complexity index is 496. The lowest BCUT2D eigenvalue weighted by Crippen LogP contribution is -2.41. The van der Waals surface area contributed by atoms with E-state index in [0.29, 0.717) is 0 Å². The zero-order valence-corrected chi connectivity index (χ0v) is 11.3. The number of aliphatic carboxylic acids is 1. The molecular formula is C15H19NO3. The third-order valence-electron chi connectivity index (χ3n) is 3.22. The summed E-state index contributed by atoms with van der Waals surface area (Å²) < 4.78 is 5.54. The molecule has 2 rings (SSSR count). The molecular weight excluding hydrogens is 242 g/mol. The van der Waals surface area contributed by atoms with Crippen molar-refractivity contribution in [1.29, 1.82) is 0 Å². The summed E-state index contributed by atoms with van der Waals surface area (Å²) in [6.45, 7) is 6.67. The molecule has 0 aromatic heterocycles. The lowest BCUT2D eigenvalue weighted by molar-refractivity contribution is -0.131. The van der Waals surface area contributed by atoms with E-state index in [9.17, 15) is 4.79 Å². The number of carbonyl (C=O) groups is 1. The van der Waals surface area contributed by atoms with Crippen LogP contribution >= 0.6 is 0 Å². The minimum Gasteiger partial charge on any atom is -0.478 e. The van der Waals surface area contributed by atoms with Gasteiger partial charge in [-0.3, -0.25) is 0 Å². The Hall–Kier alpha value is -1.81. The van der Waals surface area contributed by atoms with Gasteiger partial charge in [0.25, 0.3) is 0 Å². The van der Waals surface area contributed by atoms with Crippen LogP contribution in [0.15, 0.2) is 24.3 Å². The van der Waals surface area contributed by atoms with Crippen LogP contribution in [0.25, 0.3) is 6.08 Å². The first-order chi connectivity index (χ1) is 9.06. The van der Waals surface area contributed by atoms with Crippen molar-refractivity contribution in [3.8, 4) is 0 Å². The standard InChI is InChI=1S/C15H19NO3/c1-11-9-13(4-6-15(17)18)3-5-14(11)16-7-8-19-12(2)10-16/h3-6,9,12H,7-8,10H2,1-2H3,(H,17,18). The third kappa shape index (κ3) is 3.58. The summed E-state index contributed by atoms with van der Waals surface area (Å²) in [6.07, 6.45) is 3.02. The Morgan fingerprint density at radius 2 is 2.32 bits per heavy atom. The van der Waals surface area contributed by atoms with E-state index >= 15 is 0 Å². The van der Waals surface area contributed by atoms with Crippen LogP contribution < -0.4 is 4.90 Å². The Morgan fingerprint density at radius 3 is 2.95 bits per heavy atom. The molecule has 4 nitrogen and oxygen atoms in total. The van der Waals surface area contributed by atoms with Gasteiger partial charge in [0.1, 0.15) is 0 Å². The lowest BCUT2D eigenvalue weighted by Gasteiger charge is -2.34. The summed E-state index contributed by atoms with van der Waals surface area (Å²) in [4.78, 5) is 12.8. The Morgan fingerprint density at radius 1 is 1.53 bits per heavy atom. The van der Waals surface area contributed by atoms with Gasteiger partial charge in [-0.25, -0.2) is 4.79 Å². The molecule has 0 bridgehead atoms. The van der Waals surface area contributed by atoms with E-state index in [2.05, 4.69) is 17.9 Å². The highest BCUT2D eigenvalue weighted by molar-refractivity contribution is 5.85. The summed E-state index contributed by atoms with van der Waals surface area (Å²) in [7, 11) is 0. The van der Waals surface area contributed by atoms with E-state index in [-0.39, 0.29) is 6.10 Å². The maximum Gasteiger partial charge on any atom is 0.328 e. The first-order valence-electron chi connectivity index (χ1n) is 6.44. The Kier molecular flexibility index (Phi) is 4.22. The molecule has 1 unspecified atom stereocenters. The van der Waals surface area contributed by atoms with Crippen LogP contribution in [0.2, 0.25) is 0 Å². The molecule has 1 aromatic carbocycles. The van der Waals surface area contributed by atoms with Gasteiger partial charge in [0.2, 0.25) is 0 Å². The number of anilines is 1. The molecule has 4 heteroatoms. The average Bonchev–Trinajstić information content (AvgIpc) is 2.36. The van der Waals surface area contributed by atoms with Crippen molar-refractivity contribution < 1.29 is 14.6 Å². The first kappa shape index (κ1) is 13.6. The van der Waals surface area contributed by atoms with Crippen molar-refractivity contribution in [3.63, 3.8) is 0 Å². The van der Waals surface area contributed by atoms with Crippen LogP contribution in [0.5, 0.6) is 0 Å². The number of benzene rings is 1. The average molecular weight is 261 g/mol. The van der Waals surface area contributed by atoms with Crippen molar-refractivity contribution in [3.05, 3.63) is 35.4 Å². The quantitative estimate of drug-likeness (QED) is 0.848. The highest BCUT2D eigenvalue weighted by Gasteiger charge is 2.18. The number of carboxylic acids is 1. The molecule has 1 heterocycles. The number of rotatable bonds is 3. The molecule has 1 N–H and O–H groups in total. The smallest absolute Gasteiger partial charge is 0.328 e. The summed E-state index contributed by atoms with van der Waals surface area (Å²) in [5.74, 6) is -0.927. The van der Waals surface area contributed by atoms with Gasteiger partial charge >= 0.3 is 5.97 Å². The number of morpholine rings is 1. The van der Waals surface area contributed by atoms with E-state index < -0.39 is 5.97 Å². The first-order valence-corrected chi connectivity index (χ1v) is 6.44. The topological polar surface area (TPSA) is 49.8 Å². The second-order valence-corrected chi connectivity index (χ2v) is 4.84. The fourth-order valence-corrected chi connectivity index (χ4v) is 2.34. The maximum absolute atomic E-state index is 10.5. The SMILES string of the molecule is Cc1cc(C=CC(=O)O)ccc1N1CCOC(C)C1. The summed E-state index contributed by atoms with van der Waals surface area (Å²) in [5, 5.41) is 8.62. The van der Waals surface area contributed by atoms with Crippen molar-refractivity contribution in [2.24, 2.45) is 0 Å². The molecule has 1 saturated heterocycles. The Labute approximate surface area is 113 Å². The maximum atomic E-state index is 10.5. The molecule has 1 aliphatic heterocycles. The van der Waals surface area contributed by atoms with Crippen LogP contribution in [0, 0.1) is 6.92 Å². The van der Waals surface area contributed by atoms with E-state index in [1.165, 1.54) is 5.69 Å². The van der Waals surface area contributed by atoms with Crippen LogP contribution in [0.3, 0.4) is 0 Å². The highest BCUT2D eigenvalue weighted by atomic mass is 16.5. The normalized spacial score (nSPS) is 19.9. The fourth-order valence-electron chi connectivity index (χ4n) is 2.34. The van der Waals surface area contributed by atoms with E-state index in [0.717, 1.165) is 36.9 Å². The summed E-state index contributed by atoms with van der Waals surface area (Å²) >= 11 is 0. The van der Waals surface area contributed by atoms with Gasteiger partial charge in [-0.1, -0.05) is 6.07 Å². The molecule has 1 aromatic rings. The monoisotopic (exact) mass is 261 g/mol. The van der Waals surface area contributed by atoms with E-state index in [1.807, 2.05) is 19.1 Å².